The van der Waals surface area contributed by atoms with Gasteiger partial charge in [-0.15, -0.1) is 0 Å². The Bertz CT molecular complexity index is 1500. The number of fused-ring (bicyclic) bond motifs is 1. The van der Waals surface area contributed by atoms with Gasteiger partial charge in [0.05, 0.1) is 22.2 Å². The standard InChI is InChI=1S/C27H26FN3O4S2/c1-30(17-19-7-3-2-4-8-19)37(33,34)22-14-12-20(13-15-22)26(32)31(18-21-9-6-16-35-21)27-29-25-23(28)10-5-11-24(25)36-27/h2-5,7-8,10-15,21H,6,9,16-18H2,1H3. The van der Waals surface area contributed by atoms with Gasteiger partial charge in [0.25, 0.3) is 5.91 Å². The van der Waals surface area contributed by atoms with Gasteiger partial charge in [0.15, 0.2) is 5.13 Å². The first-order valence-electron chi connectivity index (χ1n) is 11.9. The summed E-state index contributed by atoms with van der Waals surface area (Å²) in [5.41, 5.74) is 1.40. The Balaban J connectivity index is 1.40. The van der Waals surface area contributed by atoms with Crippen LogP contribution in [0.2, 0.25) is 0 Å². The lowest BCUT2D eigenvalue weighted by Crippen LogP contribution is -2.37. The Kier molecular flexibility index (Phi) is 7.34. The van der Waals surface area contributed by atoms with E-state index in [2.05, 4.69) is 4.98 Å². The molecule has 0 radical (unpaired) electrons. The number of hydrogen-bond acceptors (Lipinski definition) is 6. The van der Waals surface area contributed by atoms with Crippen molar-refractivity contribution in [3.63, 3.8) is 0 Å². The number of para-hydroxylation sites is 1. The second-order valence-electron chi connectivity index (χ2n) is 8.90. The molecule has 1 amide bonds. The van der Waals surface area contributed by atoms with Crippen LogP contribution in [0, 0.1) is 5.82 Å². The van der Waals surface area contributed by atoms with E-state index < -0.39 is 15.8 Å². The third-order valence-corrected chi connectivity index (χ3v) is 9.16. The summed E-state index contributed by atoms with van der Waals surface area (Å²) in [6, 6.07) is 19.9. The first-order valence-corrected chi connectivity index (χ1v) is 14.2. The molecular weight excluding hydrogens is 513 g/mol. The molecule has 37 heavy (non-hydrogen) atoms. The molecule has 4 aromatic rings. The fourth-order valence-corrected chi connectivity index (χ4v) is 6.44. The third-order valence-electron chi connectivity index (χ3n) is 6.30. The van der Waals surface area contributed by atoms with E-state index in [-0.39, 0.29) is 35.5 Å². The molecule has 1 unspecified atom stereocenters. The lowest BCUT2D eigenvalue weighted by atomic mass is 10.2. The molecule has 3 aromatic carbocycles. The number of nitrogens with zero attached hydrogens (tertiary/aromatic N) is 3. The van der Waals surface area contributed by atoms with Gasteiger partial charge in [-0.1, -0.05) is 47.7 Å². The van der Waals surface area contributed by atoms with Crippen LogP contribution in [0.1, 0.15) is 28.8 Å². The highest BCUT2D eigenvalue weighted by Crippen LogP contribution is 2.32. The van der Waals surface area contributed by atoms with E-state index in [1.54, 1.807) is 12.1 Å². The molecule has 5 rings (SSSR count). The summed E-state index contributed by atoms with van der Waals surface area (Å²) in [4.78, 5) is 19.6. The quantitative estimate of drug-likeness (QED) is 0.312. The second kappa shape index (κ2) is 10.7. The summed E-state index contributed by atoms with van der Waals surface area (Å²) in [5, 5.41) is 0.375. The SMILES string of the molecule is CN(Cc1ccccc1)S(=O)(=O)c1ccc(C(=O)N(CC2CCCO2)c2nc3c(F)cccc3s2)cc1. The van der Waals surface area contributed by atoms with Gasteiger partial charge in [0, 0.05) is 25.8 Å². The van der Waals surface area contributed by atoms with Gasteiger partial charge in [-0.25, -0.2) is 17.8 Å². The molecule has 0 spiro atoms. The first-order chi connectivity index (χ1) is 17.8. The van der Waals surface area contributed by atoms with Crippen LogP contribution in [0.5, 0.6) is 0 Å². The maximum Gasteiger partial charge on any atom is 0.260 e. The van der Waals surface area contributed by atoms with Gasteiger partial charge in [0.2, 0.25) is 10.0 Å². The summed E-state index contributed by atoms with van der Waals surface area (Å²) in [7, 11) is -2.23. The minimum Gasteiger partial charge on any atom is -0.376 e. The van der Waals surface area contributed by atoms with Gasteiger partial charge in [-0.3, -0.25) is 9.69 Å². The number of thiazole rings is 1. The van der Waals surface area contributed by atoms with E-state index >= 15 is 0 Å². The number of anilines is 1. The molecule has 192 valence electrons. The summed E-state index contributed by atoms with van der Waals surface area (Å²) in [6.07, 6.45) is 1.57. The van der Waals surface area contributed by atoms with Crippen LogP contribution < -0.4 is 4.90 Å². The molecule has 2 heterocycles. The largest absolute Gasteiger partial charge is 0.376 e. The number of carbonyl (C=O) groups excluding carboxylic acids is 1. The zero-order valence-corrected chi connectivity index (χ0v) is 21.8. The fourth-order valence-electron chi connectivity index (χ4n) is 4.29. The molecule has 0 aliphatic carbocycles. The van der Waals surface area contributed by atoms with Crippen LogP contribution in [0.25, 0.3) is 10.2 Å². The normalized spacial score (nSPS) is 15.9. The zero-order chi connectivity index (χ0) is 26.0. The van der Waals surface area contributed by atoms with E-state index in [0.29, 0.717) is 22.0 Å². The third kappa shape index (κ3) is 5.42. The highest BCUT2D eigenvalue weighted by Gasteiger charge is 2.28. The summed E-state index contributed by atoms with van der Waals surface area (Å²) < 4.78 is 48.2. The number of halogens is 1. The van der Waals surface area contributed by atoms with E-state index in [1.165, 1.54) is 57.9 Å². The zero-order valence-electron chi connectivity index (χ0n) is 20.2. The minimum absolute atomic E-state index is 0.0928. The Morgan fingerprint density at radius 1 is 1.08 bits per heavy atom. The van der Waals surface area contributed by atoms with E-state index in [1.807, 2.05) is 30.3 Å². The molecule has 0 saturated carbocycles. The number of ether oxygens (including phenoxy) is 1. The monoisotopic (exact) mass is 539 g/mol. The Morgan fingerprint density at radius 3 is 2.51 bits per heavy atom. The predicted molar refractivity (Wildman–Crippen MR) is 142 cm³/mol. The number of carbonyl (C=O) groups is 1. The van der Waals surface area contributed by atoms with Crippen molar-refractivity contribution in [3.05, 3.63) is 89.7 Å². The van der Waals surface area contributed by atoms with Crippen molar-refractivity contribution >= 4 is 42.6 Å². The molecule has 1 aromatic heterocycles. The number of rotatable bonds is 8. The van der Waals surface area contributed by atoms with Gasteiger partial charge >= 0.3 is 0 Å². The highest BCUT2D eigenvalue weighted by atomic mass is 32.2. The van der Waals surface area contributed by atoms with Crippen molar-refractivity contribution < 1.29 is 22.3 Å². The van der Waals surface area contributed by atoms with Gasteiger partial charge in [-0.05, 0) is 54.8 Å². The lowest BCUT2D eigenvalue weighted by Gasteiger charge is -2.23. The molecule has 0 bridgehead atoms. The van der Waals surface area contributed by atoms with Gasteiger partial charge in [0.1, 0.15) is 11.3 Å². The second-order valence-corrected chi connectivity index (χ2v) is 12.0. The number of aromatic nitrogens is 1. The van der Waals surface area contributed by atoms with Crippen molar-refractivity contribution in [2.24, 2.45) is 0 Å². The highest BCUT2D eigenvalue weighted by molar-refractivity contribution is 7.89. The number of benzene rings is 3. The van der Waals surface area contributed by atoms with Crippen LogP contribution in [0.15, 0.2) is 77.7 Å². The van der Waals surface area contributed by atoms with Crippen LogP contribution in [0.4, 0.5) is 9.52 Å². The number of hydrogen-bond donors (Lipinski definition) is 0. The summed E-state index contributed by atoms with van der Waals surface area (Å²) >= 11 is 1.23. The molecule has 1 saturated heterocycles. The predicted octanol–water partition coefficient (Wildman–Crippen LogP) is 5.08. The number of amides is 1. The maximum atomic E-state index is 14.3. The van der Waals surface area contributed by atoms with Crippen molar-refractivity contribution in [1.82, 2.24) is 9.29 Å². The van der Waals surface area contributed by atoms with Crippen LogP contribution >= 0.6 is 11.3 Å². The fraction of sp³-hybridized carbons (Fsp3) is 0.259. The molecule has 1 atom stereocenters. The van der Waals surface area contributed by atoms with Gasteiger partial charge < -0.3 is 4.74 Å². The smallest absolute Gasteiger partial charge is 0.260 e. The Hall–Kier alpha value is -3.18. The van der Waals surface area contributed by atoms with Crippen molar-refractivity contribution in [2.75, 3.05) is 25.1 Å². The Labute approximate surface area is 219 Å². The minimum atomic E-state index is -3.76. The van der Waals surface area contributed by atoms with Crippen molar-refractivity contribution in [1.29, 1.82) is 0 Å². The topological polar surface area (TPSA) is 79.8 Å². The van der Waals surface area contributed by atoms with E-state index in [4.69, 9.17) is 4.74 Å². The van der Waals surface area contributed by atoms with Crippen LogP contribution in [-0.2, 0) is 21.3 Å². The number of sulfonamides is 1. The van der Waals surface area contributed by atoms with E-state index in [0.717, 1.165) is 18.4 Å². The maximum absolute atomic E-state index is 14.3. The Morgan fingerprint density at radius 2 is 1.84 bits per heavy atom. The summed E-state index contributed by atoms with van der Waals surface area (Å²) in [6.45, 7) is 1.14. The lowest BCUT2D eigenvalue weighted by molar-refractivity contribution is 0.0917. The average Bonchev–Trinajstić information content (AvgIpc) is 3.58. The molecule has 1 aliphatic heterocycles. The molecule has 0 N–H and O–H groups in total. The van der Waals surface area contributed by atoms with Crippen LogP contribution in [0.3, 0.4) is 0 Å². The molecule has 1 fully saturated rings. The van der Waals surface area contributed by atoms with E-state index in [9.17, 15) is 17.6 Å². The average molecular weight is 540 g/mol. The molecule has 1 aliphatic rings. The van der Waals surface area contributed by atoms with Crippen molar-refractivity contribution in [2.45, 2.75) is 30.4 Å². The molecular formula is C27H26FN3O4S2. The van der Waals surface area contributed by atoms with Crippen LogP contribution in [-0.4, -0.2) is 49.9 Å². The summed E-state index contributed by atoms with van der Waals surface area (Å²) in [5.74, 6) is -0.796. The van der Waals surface area contributed by atoms with Gasteiger partial charge in [-0.2, -0.15) is 4.31 Å². The first kappa shape index (κ1) is 25.5. The molecule has 10 heteroatoms. The molecule has 7 nitrogen and oxygen atoms in total. The van der Waals surface area contributed by atoms with Crippen molar-refractivity contribution in [3.8, 4) is 0 Å².